The number of pyridine rings is 1. The Balaban J connectivity index is 2.00. The van der Waals surface area contributed by atoms with E-state index in [9.17, 15) is 4.39 Å². The van der Waals surface area contributed by atoms with E-state index in [1.54, 1.807) is 12.3 Å². The minimum absolute atomic E-state index is 0.248. The average Bonchev–Trinajstić information content (AvgIpc) is 2.85. The third kappa shape index (κ3) is 2.25. The van der Waals surface area contributed by atoms with Crippen LogP contribution in [-0.4, -0.2) is 23.0 Å². The van der Waals surface area contributed by atoms with Gasteiger partial charge in [0.1, 0.15) is 5.82 Å². The van der Waals surface area contributed by atoms with Gasteiger partial charge < -0.3 is 0 Å². The van der Waals surface area contributed by atoms with Gasteiger partial charge in [-0.25, -0.2) is 4.39 Å². The van der Waals surface area contributed by atoms with Crippen molar-refractivity contribution in [2.75, 3.05) is 7.05 Å². The number of hydrogen-bond donors (Lipinski definition) is 0. The minimum atomic E-state index is -0.248. The van der Waals surface area contributed by atoms with Gasteiger partial charge in [-0.2, -0.15) is 0 Å². The first-order valence-electron chi connectivity index (χ1n) is 4.55. The second kappa shape index (κ2) is 3.42. The van der Waals surface area contributed by atoms with E-state index in [-0.39, 0.29) is 5.82 Å². The van der Waals surface area contributed by atoms with Crippen LogP contribution in [0.15, 0.2) is 18.5 Å². The molecular weight excluding hydrogens is 167 g/mol. The van der Waals surface area contributed by atoms with Crippen LogP contribution >= 0.6 is 0 Å². The van der Waals surface area contributed by atoms with E-state index in [4.69, 9.17) is 0 Å². The molecule has 1 aromatic heterocycles. The summed E-state index contributed by atoms with van der Waals surface area (Å²) in [6.45, 7) is 0.801. The Morgan fingerprint density at radius 3 is 2.92 bits per heavy atom. The van der Waals surface area contributed by atoms with Crippen molar-refractivity contribution in [3.05, 3.63) is 29.8 Å². The van der Waals surface area contributed by atoms with E-state index >= 15 is 0 Å². The second-order valence-corrected chi connectivity index (χ2v) is 3.66. The average molecular weight is 180 g/mol. The van der Waals surface area contributed by atoms with E-state index in [1.807, 2.05) is 0 Å². The van der Waals surface area contributed by atoms with Gasteiger partial charge in [0.15, 0.2) is 0 Å². The third-order valence-corrected chi connectivity index (χ3v) is 2.36. The van der Waals surface area contributed by atoms with Crippen LogP contribution in [0.25, 0.3) is 0 Å². The number of hydrogen-bond acceptors (Lipinski definition) is 2. The normalized spacial score (nSPS) is 16.5. The number of rotatable bonds is 3. The van der Waals surface area contributed by atoms with Gasteiger partial charge in [0.25, 0.3) is 0 Å². The Morgan fingerprint density at radius 1 is 1.54 bits per heavy atom. The van der Waals surface area contributed by atoms with Crippen molar-refractivity contribution >= 4 is 0 Å². The van der Waals surface area contributed by atoms with Crippen LogP contribution in [0.3, 0.4) is 0 Å². The lowest BCUT2D eigenvalue weighted by Gasteiger charge is -2.14. The molecule has 70 valence electrons. The molecule has 1 fully saturated rings. The lowest BCUT2D eigenvalue weighted by molar-refractivity contribution is 0.315. The zero-order valence-electron chi connectivity index (χ0n) is 7.70. The Labute approximate surface area is 77.4 Å². The summed E-state index contributed by atoms with van der Waals surface area (Å²) < 4.78 is 12.8. The molecule has 0 unspecified atom stereocenters. The van der Waals surface area contributed by atoms with Gasteiger partial charge in [-0.3, -0.25) is 9.88 Å². The van der Waals surface area contributed by atoms with E-state index in [1.165, 1.54) is 19.0 Å². The van der Waals surface area contributed by atoms with Crippen molar-refractivity contribution in [3.63, 3.8) is 0 Å². The number of aromatic nitrogens is 1. The quantitative estimate of drug-likeness (QED) is 0.705. The molecule has 1 aliphatic carbocycles. The summed E-state index contributed by atoms with van der Waals surface area (Å²) >= 11 is 0. The van der Waals surface area contributed by atoms with Crippen molar-refractivity contribution in [2.24, 2.45) is 0 Å². The van der Waals surface area contributed by atoms with Crippen LogP contribution in [0.4, 0.5) is 4.39 Å². The standard InChI is InChI=1S/C10H13FN2/c1-13(10-2-3-10)7-8-4-9(11)6-12-5-8/h4-6,10H,2-3,7H2,1H3. The van der Waals surface area contributed by atoms with Crippen LogP contribution in [0.1, 0.15) is 18.4 Å². The lowest BCUT2D eigenvalue weighted by atomic mass is 10.2. The van der Waals surface area contributed by atoms with Gasteiger partial charge in [-0.15, -0.1) is 0 Å². The van der Waals surface area contributed by atoms with Gasteiger partial charge >= 0.3 is 0 Å². The molecule has 1 saturated carbocycles. The monoisotopic (exact) mass is 180 g/mol. The highest BCUT2D eigenvalue weighted by molar-refractivity contribution is 5.10. The van der Waals surface area contributed by atoms with Crippen molar-refractivity contribution in [2.45, 2.75) is 25.4 Å². The molecule has 2 nitrogen and oxygen atoms in total. The fourth-order valence-electron chi connectivity index (χ4n) is 1.47. The molecule has 0 spiro atoms. The highest BCUT2D eigenvalue weighted by Gasteiger charge is 2.25. The molecule has 0 bridgehead atoms. The van der Waals surface area contributed by atoms with Crippen LogP contribution in [0.2, 0.25) is 0 Å². The van der Waals surface area contributed by atoms with Crippen molar-refractivity contribution in [1.29, 1.82) is 0 Å². The number of halogens is 1. The first kappa shape index (κ1) is 8.63. The van der Waals surface area contributed by atoms with Crippen molar-refractivity contribution < 1.29 is 4.39 Å². The van der Waals surface area contributed by atoms with Gasteiger partial charge in [-0.1, -0.05) is 0 Å². The van der Waals surface area contributed by atoms with Crippen LogP contribution in [0.5, 0.6) is 0 Å². The zero-order chi connectivity index (χ0) is 9.26. The van der Waals surface area contributed by atoms with Gasteiger partial charge in [0.05, 0.1) is 6.20 Å². The fraction of sp³-hybridized carbons (Fsp3) is 0.500. The van der Waals surface area contributed by atoms with Gasteiger partial charge in [0.2, 0.25) is 0 Å². The largest absolute Gasteiger partial charge is 0.299 e. The third-order valence-electron chi connectivity index (χ3n) is 2.36. The Kier molecular flexibility index (Phi) is 2.27. The Hall–Kier alpha value is -0.960. The molecule has 3 heteroatoms. The molecule has 0 aromatic carbocycles. The summed E-state index contributed by atoms with van der Waals surface area (Å²) in [6.07, 6.45) is 5.51. The summed E-state index contributed by atoms with van der Waals surface area (Å²) in [7, 11) is 2.07. The molecule has 0 amide bonds. The maximum absolute atomic E-state index is 12.8. The predicted molar refractivity (Wildman–Crippen MR) is 48.7 cm³/mol. The van der Waals surface area contributed by atoms with E-state index in [0.29, 0.717) is 6.04 Å². The maximum atomic E-state index is 12.8. The van der Waals surface area contributed by atoms with Gasteiger partial charge in [-0.05, 0) is 31.5 Å². The van der Waals surface area contributed by atoms with Crippen LogP contribution < -0.4 is 0 Å². The SMILES string of the molecule is CN(Cc1cncc(F)c1)C1CC1. The highest BCUT2D eigenvalue weighted by atomic mass is 19.1. The second-order valence-electron chi connectivity index (χ2n) is 3.66. The smallest absolute Gasteiger partial charge is 0.141 e. The molecule has 1 aromatic rings. The minimum Gasteiger partial charge on any atom is -0.299 e. The van der Waals surface area contributed by atoms with Gasteiger partial charge in [0, 0.05) is 18.8 Å². The predicted octanol–water partition coefficient (Wildman–Crippen LogP) is 1.81. The molecule has 2 rings (SSSR count). The first-order valence-corrected chi connectivity index (χ1v) is 4.55. The highest BCUT2D eigenvalue weighted by Crippen LogP contribution is 2.26. The molecule has 0 aliphatic heterocycles. The maximum Gasteiger partial charge on any atom is 0.141 e. The van der Waals surface area contributed by atoms with E-state index in [2.05, 4.69) is 16.9 Å². The Morgan fingerprint density at radius 2 is 2.31 bits per heavy atom. The molecule has 0 atom stereocenters. The molecule has 13 heavy (non-hydrogen) atoms. The fourth-order valence-corrected chi connectivity index (χ4v) is 1.47. The van der Waals surface area contributed by atoms with Crippen LogP contribution in [0, 0.1) is 5.82 Å². The summed E-state index contributed by atoms with van der Waals surface area (Å²) in [4.78, 5) is 6.06. The molecule has 0 saturated heterocycles. The topological polar surface area (TPSA) is 16.1 Å². The molecule has 1 aliphatic rings. The van der Waals surface area contributed by atoms with Crippen molar-refractivity contribution in [3.8, 4) is 0 Å². The molecule has 0 radical (unpaired) electrons. The summed E-state index contributed by atoms with van der Waals surface area (Å²) in [5.74, 6) is -0.248. The van der Waals surface area contributed by atoms with Crippen molar-refractivity contribution in [1.82, 2.24) is 9.88 Å². The van der Waals surface area contributed by atoms with E-state index in [0.717, 1.165) is 12.1 Å². The van der Waals surface area contributed by atoms with E-state index < -0.39 is 0 Å². The summed E-state index contributed by atoms with van der Waals surface area (Å²) in [5.41, 5.74) is 0.953. The molecule has 0 N–H and O–H groups in total. The Bertz CT molecular complexity index is 297. The lowest BCUT2D eigenvalue weighted by Crippen LogP contribution is -2.20. The van der Waals surface area contributed by atoms with Crippen LogP contribution in [-0.2, 0) is 6.54 Å². The molecular formula is C10H13FN2. The zero-order valence-corrected chi connectivity index (χ0v) is 7.70. The summed E-state index contributed by atoms with van der Waals surface area (Å²) in [6, 6.07) is 2.26. The first-order chi connectivity index (χ1) is 6.25. The number of nitrogens with zero attached hydrogens (tertiary/aromatic N) is 2. The molecule has 1 heterocycles. The summed E-state index contributed by atoms with van der Waals surface area (Å²) in [5, 5.41) is 0.